The first kappa shape index (κ1) is 14.6. The molecule has 0 atom stereocenters. The second-order valence-corrected chi connectivity index (χ2v) is 4.07. The maximum atomic E-state index is 12.8. The average molecular weight is 297 g/mol. The molecule has 3 nitrogen and oxygen atoms in total. The molecule has 1 aliphatic heterocycles. The zero-order chi connectivity index (χ0) is 15.1. The summed E-state index contributed by atoms with van der Waals surface area (Å²) in [5.41, 5.74) is -0.956. The smallest absolute Gasteiger partial charge is 0.253 e. The van der Waals surface area contributed by atoms with E-state index in [1.807, 2.05) is 0 Å². The van der Waals surface area contributed by atoms with Gasteiger partial charge in [-0.05, 0) is 31.2 Å². The fraction of sp³-hybridized carbons (Fsp3) is 0.364. The van der Waals surface area contributed by atoms with Crippen molar-refractivity contribution in [2.24, 2.45) is 4.99 Å². The monoisotopic (exact) mass is 297 g/mol. The summed E-state index contributed by atoms with van der Waals surface area (Å²) in [5.74, 6) is 0.0575. The van der Waals surface area contributed by atoms with Crippen molar-refractivity contribution in [3.63, 3.8) is 0 Å². The topological polar surface area (TPSA) is 18.8 Å². The maximum absolute atomic E-state index is 12.8. The van der Waals surface area contributed by atoms with Gasteiger partial charge in [0.25, 0.3) is 0 Å². The van der Waals surface area contributed by atoms with Gasteiger partial charge in [-0.3, -0.25) is 10.0 Å². The van der Waals surface area contributed by atoms with Crippen LogP contribution in [-0.4, -0.2) is 23.8 Å². The third kappa shape index (κ3) is 2.72. The van der Waals surface area contributed by atoms with Gasteiger partial charge in [-0.1, -0.05) is 5.01 Å². The standard InChI is InChI=1S/C11H9F6N3/c1-7-18-6-19(11(15,16)17)20(7)9-4-2-8(3-5-9)10(12,13)14/h2-5H,6H2,1H3. The Labute approximate surface area is 110 Å². The number of benzene rings is 1. The number of nitrogens with zero attached hydrogens (tertiary/aromatic N) is 3. The SMILES string of the molecule is CC1=NCN(C(F)(F)F)N1c1ccc(C(F)(F)F)cc1. The van der Waals surface area contributed by atoms with Crippen LogP contribution in [0.1, 0.15) is 12.5 Å². The Hall–Kier alpha value is -1.77. The number of hydrogen-bond donors (Lipinski definition) is 0. The van der Waals surface area contributed by atoms with Gasteiger partial charge >= 0.3 is 12.5 Å². The lowest BCUT2D eigenvalue weighted by atomic mass is 10.2. The highest BCUT2D eigenvalue weighted by atomic mass is 19.4. The van der Waals surface area contributed by atoms with E-state index in [0.29, 0.717) is 0 Å². The highest BCUT2D eigenvalue weighted by molar-refractivity contribution is 5.96. The van der Waals surface area contributed by atoms with E-state index in [0.717, 1.165) is 29.3 Å². The zero-order valence-electron chi connectivity index (χ0n) is 10.1. The Kier molecular flexibility index (Phi) is 3.41. The van der Waals surface area contributed by atoms with Gasteiger partial charge in [0.2, 0.25) is 0 Å². The van der Waals surface area contributed by atoms with Crippen molar-refractivity contribution < 1.29 is 26.3 Å². The van der Waals surface area contributed by atoms with E-state index in [2.05, 4.69) is 4.99 Å². The molecule has 0 bridgehead atoms. The van der Waals surface area contributed by atoms with E-state index in [9.17, 15) is 26.3 Å². The number of anilines is 1. The minimum Gasteiger partial charge on any atom is -0.253 e. The Bertz CT molecular complexity index is 516. The number of rotatable bonds is 1. The minimum absolute atomic E-state index is 0.0188. The molecule has 0 saturated carbocycles. The van der Waals surface area contributed by atoms with Crippen LogP contribution in [0, 0.1) is 0 Å². The fourth-order valence-electron chi connectivity index (χ4n) is 1.79. The van der Waals surface area contributed by atoms with Crippen molar-refractivity contribution >= 4 is 11.5 Å². The molecule has 0 amide bonds. The lowest BCUT2D eigenvalue weighted by Gasteiger charge is -2.30. The Morgan fingerprint density at radius 3 is 2.00 bits per heavy atom. The van der Waals surface area contributed by atoms with Gasteiger partial charge in [0.1, 0.15) is 12.5 Å². The molecule has 1 aliphatic rings. The van der Waals surface area contributed by atoms with Crippen molar-refractivity contribution in [2.45, 2.75) is 19.4 Å². The molecule has 9 heteroatoms. The van der Waals surface area contributed by atoms with E-state index in [1.165, 1.54) is 6.92 Å². The summed E-state index contributed by atoms with van der Waals surface area (Å²) in [5, 5.41) is 0.755. The van der Waals surface area contributed by atoms with E-state index in [4.69, 9.17) is 0 Å². The van der Waals surface area contributed by atoms with E-state index in [-0.39, 0.29) is 16.5 Å². The molecule has 1 aromatic carbocycles. The number of alkyl halides is 6. The normalized spacial score (nSPS) is 17.6. The van der Waals surface area contributed by atoms with Gasteiger partial charge in [0.05, 0.1) is 11.3 Å². The molecule has 20 heavy (non-hydrogen) atoms. The molecular formula is C11H9F6N3. The van der Waals surface area contributed by atoms with Gasteiger partial charge in [-0.15, -0.1) is 0 Å². The Balaban J connectivity index is 2.32. The predicted octanol–water partition coefficient (Wildman–Crippen LogP) is 3.64. The van der Waals surface area contributed by atoms with Crippen LogP contribution < -0.4 is 5.01 Å². The summed E-state index contributed by atoms with van der Waals surface area (Å²) in [4.78, 5) is 3.64. The summed E-state index contributed by atoms with van der Waals surface area (Å²) in [6.07, 6.45) is -9.19. The number of amidine groups is 1. The van der Waals surface area contributed by atoms with Crippen LogP contribution in [0.3, 0.4) is 0 Å². The molecule has 0 aromatic heterocycles. The molecule has 2 rings (SSSR count). The van der Waals surface area contributed by atoms with Crippen LogP contribution in [0.25, 0.3) is 0 Å². The third-order valence-corrected chi connectivity index (χ3v) is 2.71. The van der Waals surface area contributed by atoms with Crippen LogP contribution in [0.4, 0.5) is 32.0 Å². The van der Waals surface area contributed by atoms with Crippen molar-refractivity contribution in [1.82, 2.24) is 5.01 Å². The van der Waals surface area contributed by atoms with Crippen molar-refractivity contribution in [3.05, 3.63) is 29.8 Å². The summed E-state index contributed by atoms with van der Waals surface area (Å²) in [6, 6.07) is 3.42. The van der Waals surface area contributed by atoms with Gasteiger partial charge < -0.3 is 0 Å². The molecule has 1 heterocycles. The number of halogens is 6. The van der Waals surface area contributed by atoms with Gasteiger partial charge in [-0.25, -0.2) is 0 Å². The molecule has 0 N–H and O–H groups in total. The molecule has 0 aliphatic carbocycles. The minimum atomic E-state index is -4.66. The molecular weight excluding hydrogens is 288 g/mol. The lowest BCUT2D eigenvalue weighted by Crippen LogP contribution is -2.49. The van der Waals surface area contributed by atoms with E-state index < -0.39 is 24.7 Å². The van der Waals surface area contributed by atoms with Crippen LogP contribution in [0.2, 0.25) is 0 Å². The fourth-order valence-corrected chi connectivity index (χ4v) is 1.79. The molecule has 110 valence electrons. The van der Waals surface area contributed by atoms with E-state index in [1.54, 1.807) is 0 Å². The van der Waals surface area contributed by atoms with E-state index >= 15 is 0 Å². The largest absolute Gasteiger partial charge is 0.479 e. The first-order valence-corrected chi connectivity index (χ1v) is 5.43. The molecule has 0 saturated heterocycles. The second-order valence-electron chi connectivity index (χ2n) is 4.07. The van der Waals surface area contributed by atoms with Crippen molar-refractivity contribution in [1.29, 1.82) is 0 Å². The zero-order valence-corrected chi connectivity index (χ0v) is 10.1. The molecule has 0 radical (unpaired) electrons. The lowest BCUT2D eigenvalue weighted by molar-refractivity contribution is -0.241. The van der Waals surface area contributed by atoms with Crippen molar-refractivity contribution in [3.8, 4) is 0 Å². The first-order valence-electron chi connectivity index (χ1n) is 5.43. The quantitative estimate of drug-likeness (QED) is 0.582. The van der Waals surface area contributed by atoms with Gasteiger partial charge in [0.15, 0.2) is 0 Å². The molecule has 0 unspecified atom stereocenters. The third-order valence-electron chi connectivity index (χ3n) is 2.71. The molecule has 1 aromatic rings. The number of aliphatic imine (C=N–C) groups is 1. The summed E-state index contributed by atoms with van der Waals surface area (Å²) < 4.78 is 75.5. The Morgan fingerprint density at radius 1 is 1.00 bits per heavy atom. The van der Waals surface area contributed by atoms with Crippen LogP contribution in [0.15, 0.2) is 29.3 Å². The van der Waals surface area contributed by atoms with Crippen LogP contribution in [0.5, 0.6) is 0 Å². The predicted molar refractivity (Wildman–Crippen MR) is 59.8 cm³/mol. The first-order chi connectivity index (χ1) is 9.10. The average Bonchev–Trinajstić information content (AvgIpc) is 2.70. The number of hydrazine groups is 1. The summed E-state index contributed by atoms with van der Waals surface area (Å²) >= 11 is 0. The van der Waals surface area contributed by atoms with Crippen LogP contribution in [-0.2, 0) is 6.18 Å². The van der Waals surface area contributed by atoms with Crippen LogP contribution >= 0.6 is 0 Å². The number of hydrogen-bond acceptors (Lipinski definition) is 3. The van der Waals surface area contributed by atoms with Crippen molar-refractivity contribution in [2.75, 3.05) is 11.7 Å². The highest BCUT2D eigenvalue weighted by Gasteiger charge is 2.45. The second kappa shape index (κ2) is 4.65. The summed E-state index contributed by atoms with van der Waals surface area (Å²) in [7, 11) is 0. The Morgan fingerprint density at radius 2 is 1.55 bits per heavy atom. The molecule has 0 fully saturated rings. The summed E-state index contributed by atoms with van der Waals surface area (Å²) in [6.45, 7) is 0.736. The maximum Gasteiger partial charge on any atom is 0.479 e. The van der Waals surface area contributed by atoms with Gasteiger partial charge in [-0.2, -0.15) is 26.3 Å². The highest BCUT2D eigenvalue weighted by Crippen LogP contribution is 2.34. The van der Waals surface area contributed by atoms with Gasteiger partial charge in [0, 0.05) is 0 Å². The molecule has 0 spiro atoms.